The van der Waals surface area contributed by atoms with Crippen molar-refractivity contribution in [1.82, 2.24) is 25.1 Å². The van der Waals surface area contributed by atoms with Gasteiger partial charge in [0.15, 0.2) is 5.82 Å². The van der Waals surface area contributed by atoms with Crippen molar-refractivity contribution in [3.8, 4) is 0 Å². The molecule has 0 radical (unpaired) electrons. The molecule has 2 N–H and O–H groups in total. The Balaban J connectivity index is 2.55. The molecule has 1 aromatic heterocycles. The van der Waals surface area contributed by atoms with Crippen LogP contribution in [-0.4, -0.2) is 61.6 Å². The van der Waals surface area contributed by atoms with Crippen LogP contribution in [0.2, 0.25) is 0 Å². The molecule has 0 aliphatic rings. The minimum atomic E-state index is 0.0660. The molecule has 7 heteroatoms. The fourth-order valence-corrected chi connectivity index (χ4v) is 1.57. The normalized spacial score (nSPS) is 11.3. The van der Waals surface area contributed by atoms with Gasteiger partial charge in [-0.2, -0.15) is 0 Å². The summed E-state index contributed by atoms with van der Waals surface area (Å²) in [4.78, 5) is 1.92. The summed E-state index contributed by atoms with van der Waals surface area (Å²) in [6.07, 6.45) is 2.13. The van der Waals surface area contributed by atoms with Gasteiger partial charge >= 0.3 is 0 Å². The van der Waals surface area contributed by atoms with Gasteiger partial charge in [-0.3, -0.25) is 4.90 Å². The number of nitrogens with zero attached hydrogens (tertiary/aromatic N) is 5. The molecule has 7 nitrogen and oxygen atoms in total. The van der Waals surface area contributed by atoms with E-state index in [2.05, 4.69) is 22.4 Å². The molecule has 0 fully saturated rings. The first kappa shape index (κ1) is 14.0. The topological polar surface area (TPSA) is 87.3 Å². The van der Waals surface area contributed by atoms with Gasteiger partial charge in [-0.05, 0) is 16.8 Å². The molecule has 1 aromatic rings. The van der Waals surface area contributed by atoms with E-state index < -0.39 is 0 Å². The van der Waals surface area contributed by atoms with Gasteiger partial charge in [-0.1, -0.05) is 13.3 Å². The first-order valence-electron chi connectivity index (χ1n) is 6.01. The third kappa shape index (κ3) is 4.76. The van der Waals surface area contributed by atoms with Gasteiger partial charge in [0.2, 0.25) is 0 Å². The summed E-state index contributed by atoms with van der Waals surface area (Å²) in [6.45, 7) is 4.64. The lowest BCUT2D eigenvalue weighted by atomic mass is 10.3. The van der Waals surface area contributed by atoms with E-state index in [1.807, 2.05) is 4.90 Å². The highest BCUT2D eigenvalue weighted by Crippen LogP contribution is 2.01. The number of hydrogen-bond acceptors (Lipinski definition) is 6. The number of aliphatic hydroxyl groups is 2. The van der Waals surface area contributed by atoms with Gasteiger partial charge in [0.1, 0.15) is 0 Å². The van der Waals surface area contributed by atoms with E-state index in [9.17, 15) is 0 Å². The molecule has 0 unspecified atom stereocenters. The van der Waals surface area contributed by atoms with E-state index in [1.54, 1.807) is 4.68 Å². The lowest BCUT2D eigenvalue weighted by molar-refractivity contribution is 0.151. The van der Waals surface area contributed by atoms with Crippen molar-refractivity contribution in [3.63, 3.8) is 0 Å². The van der Waals surface area contributed by atoms with E-state index in [0.717, 1.165) is 25.2 Å². The predicted octanol–water partition coefficient (Wildman–Crippen LogP) is -0.740. The predicted molar refractivity (Wildman–Crippen MR) is 62.2 cm³/mol. The van der Waals surface area contributed by atoms with Gasteiger partial charge in [-0.25, -0.2) is 4.68 Å². The minimum absolute atomic E-state index is 0.0660. The molecule has 0 amide bonds. The van der Waals surface area contributed by atoms with Crippen LogP contribution in [-0.2, 0) is 13.1 Å². The van der Waals surface area contributed by atoms with Crippen LogP contribution in [0.1, 0.15) is 25.6 Å². The van der Waals surface area contributed by atoms with E-state index in [-0.39, 0.29) is 13.2 Å². The molecule has 0 spiro atoms. The summed E-state index contributed by atoms with van der Waals surface area (Å²) in [7, 11) is 0. The van der Waals surface area contributed by atoms with Gasteiger partial charge < -0.3 is 10.2 Å². The Morgan fingerprint density at radius 1 is 1.24 bits per heavy atom. The molecule has 0 aliphatic heterocycles. The molecule has 0 atom stereocenters. The summed E-state index contributed by atoms with van der Waals surface area (Å²) in [5.74, 6) is 0.778. The van der Waals surface area contributed by atoms with Gasteiger partial charge in [0, 0.05) is 19.6 Å². The van der Waals surface area contributed by atoms with Crippen LogP contribution < -0.4 is 0 Å². The van der Waals surface area contributed by atoms with Crippen LogP contribution in [0.3, 0.4) is 0 Å². The van der Waals surface area contributed by atoms with Crippen molar-refractivity contribution < 1.29 is 10.2 Å². The summed E-state index contributed by atoms with van der Waals surface area (Å²) in [6, 6.07) is 0. The molecule has 17 heavy (non-hydrogen) atoms. The summed E-state index contributed by atoms with van der Waals surface area (Å²) < 4.78 is 1.78. The molecule has 0 aromatic carbocycles. The minimum Gasteiger partial charge on any atom is -0.395 e. The molecule has 1 rings (SSSR count). The third-order valence-corrected chi connectivity index (χ3v) is 2.53. The largest absolute Gasteiger partial charge is 0.395 e. The van der Waals surface area contributed by atoms with Crippen LogP contribution in [0.15, 0.2) is 0 Å². The van der Waals surface area contributed by atoms with Crippen molar-refractivity contribution in [2.75, 3.05) is 26.3 Å². The number of aryl methyl sites for hydroxylation is 1. The van der Waals surface area contributed by atoms with Crippen LogP contribution in [0.25, 0.3) is 0 Å². The molecular weight excluding hydrogens is 222 g/mol. The quantitative estimate of drug-likeness (QED) is 0.594. The van der Waals surface area contributed by atoms with E-state index in [0.29, 0.717) is 19.6 Å². The summed E-state index contributed by atoms with van der Waals surface area (Å²) in [5, 5.41) is 29.4. The molecule has 0 aliphatic carbocycles. The zero-order chi connectivity index (χ0) is 12.5. The number of rotatable bonds is 9. The molecule has 0 saturated carbocycles. The summed E-state index contributed by atoms with van der Waals surface area (Å²) >= 11 is 0. The number of hydrogen-bond donors (Lipinski definition) is 2. The second-order valence-corrected chi connectivity index (χ2v) is 3.90. The van der Waals surface area contributed by atoms with Crippen molar-refractivity contribution in [2.24, 2.45) is 0 Å². The van der Waals surface area contributed by atoms with E-state index in [1.165, 1.54) is 0 Å². The third-order valence-electron chi connectivity index (χ3n) is 2.53. The highest BCUT2D eigenvalue weighted by atomic mass is 16.3. The van der Waals surface area contributed by atoms with Crippen LogP contribution in [0.5, 0.6) is 0 Å². The maximum Gasteiger partial charge on any atom is 0.165 e. The van der Waals surface area contributed by atoms with E-state index >= 15 is 0 Å². The maximum absolute atomic E-state index is 8.92. The molecule has 98 valence electrons. The zero-order valence-electron chi connectivity index (χ0n) is 10.3. The highest BCUT2D eigenvalue weighted by molar-refractivity contribution is 4.81. The first-order chi connectivity index (χ1) is 8.31. The first-order valence-corrected chi connectivity index (χ1v) is 6.01. The van der Waals surface area contributed by atoms with Gasteiger partial charge in [-0.15, -0.1) is 5.10 Å². The average molecular weight is 243 g/mol. The number of aromatic nitrogens is 4. The van der Waals surface area contributed by atoms with Crippen molar-refractivity contribution in [1.29, 1.82) is 0 Å². The molecule has 0 saturated heterocycles. The van der Waals surface area contributed by atoms with Crippen molar-refractivity contribution in [3.05, 3.63) is 5.82 Å². The lowest BCUT2D eigenvalue weighted by Gasteiger charge is -2.19. The van der Waals surface area contributed by atoms with Gasteiger partial charge in [0.05, 0.1) is 19.8 Å². The molecule has 1 heterocycles. The number of unbranched alkanes of at least 4 members (excludes halogenated alkanes) is 1. The second kappa shape index (κ2) is 8.10. The molecular formula is C10H21N5O2. The Morgan fingerprint density at radius 3 is 2.53 bits per heavy atom. The second-order valence-electron chi connectivity index (χ2n) is 3.90. The Morgan fingerprint density at radius 2 is 1.94 bits per heavy atom. The monoisotopic (exact) mass is 243 g/mol. The fraction of sp³-hybridized carbons (Fsp3) is 0.900. The van der Waals surface area contributed by atoms with Crippen LogP contribution >= 0.6 is 0 Å². The van der Waals surface area contributed by atoms with Crippen LogP contribution in [0, 0.1) is 0 Å². The fourth-order valence-electron chi connectivity index (χ4n) is 1.57. The Labute approximate surface area is 101 Å². The SMILES string of the molecule is CCCCn1nnnc1CN(CCO)CCO. The average Bonchev–Trinajstić information content (AvgIpc) is 2.74. The number of aliphatic hydroxyl groups excluding tert-OH is 2. The van der Waals surface area contributed by atoms with Crippen molar-refractivity contribution >= 4 is 0 Å². The Kier molecular flexibility index (Phi) is 6.68. The van der Waals surface area contributed by atoms with Crippen molar-refractivity contribution in [2.45, 2.75) is 32.9 Å². The lowest BCUT2D eigenvalue weighted by Crippen LogP contribution is -2.30. The molecule has 0 bridgehead atoms. The smallest absolute Gasteiger partial charge is 0.165 e. The van der Waals surface area contributed by atoms with Gasteiger partial charge in [0.25, 0.3) is 0 Å². The maximum atomic E-state index is 8.92. The number of tetrazole rings is 1. The summed E-state index contributed by atoms with van der Waals surface area (Å²) in [5.41, 5.74) is 0. The van der Waals surface area contributed by atoms with E-state index in [4.69, 9.17) is 10.2 Å². The zero-order valence-corrected chi connectivity index (χ0v) is 10.3. The highest BCUT2D eigenvalue weighted by Gasteiger charge is 2.11. The standard InChI is InChI=1S/C10H21N5O2/c1-2-3-4-15-10(11-12-13-15)9-14(5-7-16)6-8-17/h16-17H,2-9H2,1H3. The van der Waals surface area contributed by atoms with Crippen LogP contribution in [0.4, 0.5) is 0 Å². The Hall–Kier alpha value is -1.05. The Bertz CT molecular complexity index is 299.